The maximum Gasteiger partial charge on any atom is 0.335 e. The van der Waals surface area contributed by atoms with E-state index in [4.69, 9.17) is 9.52 Å². The Morgan fingerprint density at radius 3 is 2.52 bits per heavy atom. The molecule has 1 aromatic heterocycles. The summed E-state index contributed by atoms with van der Waals surface area (Å²) in [7, 11) is 0. The average Bonchev–Trinajstić information content (AvgIpc) is 2.88. The summed E-state index contributed by atoms with van der Waals surface area (Å²) in [5, 5.41) is 9.77. The molecule has 3 aromatic rings. The predicted molar refractivity (Wildman–Crippen MR) is 78.5 cm³/mol. The number of halogens is 1. The molecule has 0 unspecified atom stereocenters. The van der Waals surface area contributed by atoms with Gasteiger partial charge in [0.25, 0.3) is 0 Å². The van der Waals surface area contributed by atoms with Crippen LogP contribution in [0, 0.1) is 5.82 Å². The molecule has 0 fully saturated rings. The van der Waals surface area contributed by atoms with Crippen molar-refractivity contribution in [3.8, 4) is 0 Å². The van der Waals surface area contributed by atoms with Crippen molar-refractivity contribution in [2.75, 3.05) is 0 Å². The van der Waals surface area contributed by atoms with Gasteiger partial charge in [0.2, 0.25) is 0 Å². The number of aromatic carboxylic acids is 1. The van der Waals surface area contributed by atoms with Gasteiger partial charge in [-0.15, -0.1) is 0 Å². The second-order valence-corrected chi connectivity index (χ2v) is 4.59. The minimum Gasteiger partial charge on any atom is -0.478 e. The summed E-state index contributed by atoms with van der Waals surface area (Å²) < 4.78 is 18.4. The molecule has 1 N–H and O–H groups in total. The Bertz CT molecular complexity index is 829. The quantitative estimate of drug-likeness (QED) is 0.772. The number of furan rings is 1. The van der Waals surface area contributed by atoms with Gasteiger partial charge in [0.05, 0.1) is 5.56 Å². The lowest BCUT2D eigenvalue weighted by molar-refractivity contribution is 0.0697. The Hall–Kier alpha value is -2.88. The van der Waals surface area contributed by atoms with Crippen LogP contribution in [-0.4, -0.2) is 11.1 Å². The van der Waals surface area contributed by atoms with E-state index in [-0.39, 0.29) is 11.4 Å². The molecule has 0 atom stereocenters. The summed E-state index contributed by atoms with van der Waals surface area (Å²) in [5.41, 5.74) is 1.56. The minimum atomic E-state index is -0.989. The minimum absolute atomic E-state index is 0.186. The standard InChI is InChI=1S/C17H11FO3/c18-14-6-1-11(2-7-14)3-8-15-9-12-4-5-13(17(19)20)10-16(12)21-15/h1-10H,(H,19,20)/b8-3-. The van der Waals surface area contributed by atoms with E-state index in [9.17, 15) is 9.18 Å². The van der Waals surface area contributed by atoms with Gasteiger partial charge in [0.1, 0.15) is 17.2 Å². The molecule has 4 heteroatoms. The first-order valence-electron chi connectivity index (χ1n) is 6.32. The molecule has 0 aliphatic carbocycles. The van der Waals surface area contributed by atoms with Crippen molar-refractivity contribution in [1.82, 2.24) is 0 Å². The number of carbonyl (C=O) groups is 1. The number of carboxylic acid groups (broad SMARTS) is 1. The van der Waals surface area contributed by atoms with Crippen molar-refractivity contribution in [2.45, 2.75) is 0 Å². The Morgan fingerprint density at radius 1 is 1.05 bits per heavy atom. The maximum atomic E-state index is 12.8. The monoisotopic (exact) mass is 282 g/mol. The summed E-state index contributed by atoms with van der Waals surface area (Å²) in [6.07, 6.45) is 3.56. The van der Waals surface area contributed by atoms with Gasteiger partial charge in [0.15, 0.2) is 0 Å². The van der Waals surface area contributed by atoms with Crippen LogP contribution in [0.1, 0.15) is 21.7 Å². The first-order valence-corrected chi connectivity index (χ1v) is 6.32. The highest BCUT2D eigenvalue weighted by molar-refractivity contribution is 5.93. The van der Waals surface area contributed by atoms with Gasteiger partial charge in [-0.3, -0.25) is 0 Å². The van der Waals surface area contributed by atoms with Gasteiger partial charge >= 0.3 is 5.97 Å². The van der Waals surface area contributed by atoms with Crippen LogP contribution < -0.4 is 0 Å². The van der Waals surface area contributed by atoms with E-state index in [1.807, 2.05) is 6.07 Å². The maximum absolute atomic E-state index is 12.8. The average molecular weight is 282 g/mol. The molecular weight excluding hydrogens is 271 g/mol. The van der Waals surface area contributed by atoms with Crippen molar-refractivity contribution >= 4 is 29.1 Å². The highest BCUT2D eigenvalue weighted by Crippen LogP contribution is 2.22. The molecule has 0 saturated heterocycles. The molecule has 3 rings (SSSR count). The van der Waals surface area contributed by atoms with E-state index in [2.05, 4.69) is 0 Å². The van der Waals surface area contributed by atoms with Gasteiger partial charge in [-0.05, 0) is 42.0 Å². The molecule has 1 heterocycles. The normalized spacial score (nSPS) is 11.3. The lowest BCUT2D eigenvalue weighted by atomic mass is 10.1. The zero-order chi connectivity index (χ0) is 14.8. The second-order valence-electron chi connectivity index (χ2n) is 4.59. The van der Waals surface area contributed by atoms with Crippen LogP contribution in [0.5, 0.6) is 0 Å². The summed E-state index contributed by atoms with van der Waals surface area (Å²) in [6.45, 7) is 0. The Morgan fingerprint density at radius 2 is 1.81 bits per heavy atom. The zero-order valence-corrected chi connectivity index (χ0v) is 10.9. The topological polar surface area (TPSA) is 50.4 Å². The summed E-state index contributed by atoms with van der Waals surface area (Å²) in [6, 6.07) is 12.7. The molecule has 0 saturated carbocycles. The van der Waals surface area contributed by atoms with Crippen LogP contribution >= 0.6 is 0 Å². The second kappa shape index (κ2) is 5.25. The zero-order valence-electron chi connectivity index (χ0n) is 10.9. The SMILES string of the molecule is O=C(O)c1ccc2cc(/C=C\c3ccc(F)cc3)oc2c1. The van der Waals surface area contributed by atoms with Gasteiger partial charge in [-0.2, -0.15) is 0 Å². The molecule has 0 bridgehead atoms. The predicted octanol–water partition coefficient (Wildman–Crippen LogP) is 4.44. The molecule has 0 aliphatic rings. The van der Waals surface area contributed by atoms with Crippen molar-refractivity contribution in [3.05, 3.63) is 71.2 Å². The fourth-order valence-corrected chi connectivity index (χ4v) is 2.02. The molecule has 3 nitrogen and oxygen atoms in total. The van der Waals surface area contributed by atoms with E-state index in [0.717, 1.165) is 10.9 Å². The van der Waals surface area contributed by atoms with Crippen LogP contribution in [0.4, 0.5) is 4.39 Å². The van der Waals surface area contributed by atoms with Crippen LogP contribution in [0.3, 0.4) is 0 Å². The smallest absolute Gasteiger partial charge is 0.335 e. The summed E-state index contributed by atoms with van der Waals surface area (Å²) >= 11 is 0. The largest absolute Gasteiger partial charge is 0.478 e. The van der Waals surface area contributed by atoms with Crippen LogP contribution in [0.2, 0.25) is 0 Å². The van der Waals surface area contributed by atoms with E-state index in [1.54, 1.807) is 30.4 Å². The Kier molecular flexibility index (Phi) is 3.28. The Labute approximate surface area is 119 Å². The van der Waals surface area contributed by atoms with Crippen molar-refractivity contribution in [1.29, 1.82) is 0 Å². The molecule has 0 spiro atoms. The number of hydrogen-bond donors (Lipinski definition) is 1. The van der Waals surface area contributed by atoms with E-state index >= 15 is 0 Å². The number of hydrogen-bond acceptors (Lipinski definition) is 2. The van der Waals surface area contributed by atoms with Crippen LogP contribution in [0.15, 0.2) is 52.9 Å². The van der Waals surface area contributed by atoms with Gasteiger partial charge in [-0.25, -0.2) is 9.18 Å². The lowest BCUT2D eigenvalue weighted by Gasteiger charge is -1.92. The third kappa shape index (κ3) is 2.84. The highest BCUT2D eigenvalue weighted by Gasteiger charge is 2.07. The molecule has 0 aliphatic heterocycles. The number of benzene rings is 2. The third-order valence-corrected chi connectivity index (χ3v) is 3.10. The van der Waals surface area contributed by atoms with Gasteiger partial charge in [0, 0.05) is 5.39 Å². The summed E-state index contributed by atoms with van der Waals surface area (Å²) in [5.74, 6) is -0.661. The molecule has 21 heavy (non-hydrogen) atoms. The first-order chi connectivity index (χ1) is 10.1. The lowest BCUT2D eigenvalue weighted by Crippen LogP contribution is -1.94. The van der Waals surface area contributed by atoms with Crippen molar-refractivity contribution in [3.63, 3.8) is 0 Å². The molecule has 0 radical (unpaired) electrons. The fraction of sp³-hybridized carbons (Fsp3) is 0. The fourth-order valence-electron chi connectivity index (χ4n) is 2.02. The van der Waals surface area contributed by atoms with Crippen LogP contribution in [-0.2, 0) is 0 Å². The summed E-state index contributed by atoms with van der Waals surface area (Å²) in [4.78, 5) is 10.9. The van der Waals surface area contributed by atoms with Crippen molar-refractivity contribution in [2.24, 2.45) is 0 Å². The van der Waals surface area contributed by atoms with Gasteiger partial charge < -0.3 is 9.52 Å². The van der Waals surface area contributed by atoms with Crippen LogP contribution in [0.25, 0.3) is 23.1 Å². The first kappa shape index (κ1) is 13.1. The number of carboxylic acids is 1. The third-order valence-electron chi connectivity index (χ3n) is 3.10. The Balaban J connectivity index is 1.90. The molecule has 2 aromatic carbocycles. The van der Waals surface area contributed by atoms with E-state index in [0.29, 0.717) is 11.3 Å². The molecule has 0 amide bonds. The number of fused-ring (bicyclic) bond motifs is 1. The van der Waals surface area contributed by atoms with E-state index in [1.165, 1.54) is 24.3 Å². The molecular formula is C17H11FO3. The number of rotatable bonds is 3. The van der Waals surface area contributed by atoms with Crippen molar-refractivity contribution < 1.29 is 18.7 Å². The van der Waals surface area contributed by atoms with Gasteiger partial charge in [-0.1, -0.05) is 24.3 Å². The highest BCUT2D eigenvalue weighted by atomic mass is 19.1. The molecule has 104 valence electrons. The van der Waals surface area contributed by atoms with E-state index < -0.39 is 5.97 Å².